The summed E-state index contributed by atoms with van der Waals surface area (Å²) in [4.78, 5) is 0. The fraction of sp³-hybridized carbons (Fsp3) is 0.160. The Morgan fingerprint density at radius 2 is 0.778 bits per heavy atom. The summed E-state index contributed by atoms with van der Waals surface area (Å²) in [6, 6.07) is 60.8. The third-order valence-electron chi connectivity index (χ3n) is 11.5. The molecule has 0 saturated heterocycles. The van der Waals surface area contributed by atoms with Crippen LogP contribution in [-0.4, -0.2) is 20.0 Å². The molecule has 7 aromatic rings. The first-order valence-electron chi connectivity index (χ1n) is 19.1. The summed E-state index contributed by atoms with van der Waals surface area (Å²) in [5, 5.41) is 0. The van der Waals surface area contributed by atoms with Gasteiger partial charge in [-0.05, 0) is 10.8 Å². The summed E-state index contributed by atoms with van der Waals surface area (Å²) in [5.41, 5.74) is 8.35. The minimum atomic E-state index is -3.37. The Labute approximate surface area is 323 Å². The average molecular weight is 761 g/mol. The van der Waals surface area contributed by atoms with Crippen molar-refractivity contribution in [2.75, 3.05) is 0 Å². The zero-order valence-corrected chi connectivity index (χ0v) is 34.1. The van der Waals surface area contributed by atoms with Gasteiger partial charge in [0.1, 0.15) is 0 Å². The molecule has 0 atom stereocenters. The van der Waals surface area contributed by atoms with Crippen LogP contribution in [0.4, 0.5) is 0 Å². The monoisotopic (exact) mass is 762 g/mol. The first-order valence-corrected chi connectivity index (χ1v) is 23.3. The zero-order chi connectivity index (χ0) is 37.2. The molecule has 2 nitrogen and oxygen atoms in total. The zero-order valence-electron chi connectivity index (χ0n) is 32.0. The number of rotatable bonds is 5. The Morgan fingerprint density at radius 1 is 0.389 bits per heavy atom. The molecule has 2 heterocycles. The van der Waals surface area contributed by atoms with Crippen LogP contribution < -0.4 is 43.4 Å². The average Bonchev–Trinajstić information content (AvgIpc) is 3.18. The first kappa shape index (κ1) is 34.5. The Hall–Kier alpha value is -5.25. The molecule has 0 fully saturated rings. The summed E-state index contributed by atoms with van der Waals surface area (Å²) in [7, 11) is 0. The van der Waals surface area contributed by atoms with E-state index in [1.807, 2.05) is 0 Å². The molecule has 0 amide bonds. The van der Waals surface area contributed by atoms with Crippen LogP contribution in [0.1, 0.15) is 52.7 Å². The van der Waals surface area contributed by atoms with Crippen molar-refractivity contribution in [1.29, 1.82) is 0 Å². The predicted octanol–water partition coefficient (Wildman–Crippen LogP) is 8.05. The molecular weight excluding hydrogens is 716 g/mol. The molecule has 4 heteroatoms. The predicted molar refractivity (Wildman–Crippen MR) is 231 cm³/mol. The standard InChI is InChI=1S/C50H45BGeO2/c1-49(2,3)36-24-28-44-42(32-36)51-43-33-37(50(4,5)6)25-29-45(43)54-47-31-35(30-46(53-44)48(47)51)34-22-26-41(27-23-34)52(38-16-10-7-11-17-38,39-18-12-8-13-19-39)40-20-14-9-15-21-40/h7-33H,1-6H3. The van der Waals surface area contributed by atoms with Gasteiger partial charge in [-0.3, -0.25) is 0 Å². The van der Waals surface area contributed by atoms with E-state index in [2.05, 4.69) is 205 Å². The molecule has 0 spiro atoms. The van der Waals surface area contributed by atoms with Crippen molar-refractivity contribution >= 4 is 54.0 Å². The van der Waals surface area contributed by atoms with Crippen LogP contribution in [0.25, 0.3) is 11.1 Å². The van der Waals surface area contributed by atoms with Gasteiger partial charge in [0, 0.05) is 0 Å². The van der Waals surface area contributed by atoms with Gasteiger partial charge in [0.2, 0.25) is 0 Å². The fourth-order valence-corrected chi connectivity index (χ4v) is 18.5. The Morgan fingerprint density at radius 3 is 1.17 bits per heavy atom. The molecule has 2 aliphatic heterocycles. The van der Waals surface area contributed by atoms with Crippen LogP contribution in [0.2, 0.25) is 0 Å². The molecule has 0 N–H and O–H groups in total. The van der Waals surface area contributed by atoms with Crippen molar-refractivity contribution in [3.63, 3.8) is 0 Å². The molecule has 7 aromatic carbocycles. The van der Waals surface area contributed by atoms with Crippen LogP contribution in [-0.2, 0) is 10.8 Å². The van der Waals surface area contributed by atoms with Crippen LogP contribution in [0.3, 0.4) is 0 Å². The quantitative estimate of drug-likeness (QED) is 0.166. The Kier molecular flexibility index (Phi) is 8.28. The van der Waals surface area contributed by atoms with E-state index in [4.69, 9.17) is 9.47 Å². The van der Waals surface area contributed by atoms with Crippen molar-refractivity contribution in [2.45, 2.75) is 52.4 Å². The molecule has 0 unspecified atom stereocenters. The maximum absolute atomic E-state index is 6.85. The van der Waals surface area contributed by atoms with Gasteiger partial charge in [0.25, 0.3) is 0 Å². The van der Waals surface area contributed by atoms with Gasteiger partial charge >= 0.3 is 272 Å². The topological polar surface area (TPSA) is 18.5 Å². The molecular formula is C50H45BGeO2. The summed E-state index contributed by atoms with van der Waals surface area (Å²) in [6.45, 7) is 13.7. The molecule has 9 rings (SSSR count). The van der Waals surface area contributed by atoms with Crippen molar-refractivity contribution in [2.24, 2.45) is 0 Å². The summed E-state index contributed by atoms with van der Waals surface area (Å²) in [6.07, 6.45) is 0. The molecule has 264 valence electrons. The van der Waals surface area contributed by atoms with Gasteiger partial charge in [-0.25, -0.2) is 0 Å². The van der Waals surface area contributed by atoms with E-state index in [0.29, 0.717) is 0 Å². The SMILES string of the molecule is CC(C)(C)c1ccc2c(c1)B1c3cc(C(C)(C)C)ccc3Oc3cc(-c4cc[c]([Ge]([c]5ccccc5)([c]5ccccc5)[c]5ccccc5)cc4)cc(c31)O2. The van der Waals surface area contributed by atoms with Gasteiger partial charge in [0.05, 0.1) is 0 Å². The molecule has 2 aliphatic rings. The van der Waals surface area contributed by atoms with Gasteiger partial charge in [-0.15, -0.1) is 0 Å². The maximum atomic E-state index is 6.85. The summed E-state index contributed by atoms with van der Waals surface area (Å²) in [5.74, 6) is 3.56. The molecule has 0 bridgehead atoms. The number of benzene rings is 7. The molecule has 0 saturated carbocycles. The van der Waals surface area contributed by atoms with E-state index in [-0.39, 0.29) is 17.5 Å². The first-order chi connectivity index (χ1) is 26.0. The number of hydrogen-bond donors (Lipinski definition) is 0. The molecule has 0 aliphatic carbocycles. The fourth-order valence-electron chi connectivity index (χ4n) is 8.58. The van der Waals surface area contributed by atoms with E-state index >= 15 is 0 Å². The van der Waals surface area contributed by atoms with Crippen molar-refractivity contribution in [3.05, 3.63) is 175 Å². The van der Waals surface area contributed by atoms with Crippen LogP contribution in [0, 0.1) is 0 Å². The Balaban J connectivity index is 1.20. The Bertz CT molecular complexity index is 2310. The normalized spacial score (nSPS) is 13.3. The summed E-state index contributed by atoms with van der Waals surface area (Å²) < 4.78 is 19.3. The van der Waals surface area contributed by atoms with Crippen LogP contribution in [0.5, 0.6) is 23.0 Å². The molecule has 0 aromatic heterocycles. The van der Waals surface area contributed by atoms with Gasteiger partial charge in [-0.2, -0.15) is 0 Å². The van der Waals surface area contributed by atoms with E-state index < -0.39 is 13.3 Å². The van der Waals surface area contributed by atoms with Crippen LogP contribution in [0.15, 0.2) is 164 Å². The molecule has 0 radical (unpaired) electrons. The van der Waals surface area contributed by atoms with Crippen molar-refractivity contribution < 1.29 is 9.47 Å². The number of ether oxygens (including phenoxy) is 2. The van der Waals surface area contributed by atoms with Gasteiger partial charge in [-0.1, -0.05) is 41.5 Å². The van der Waals surface area contributed by atoms with E-state index in [0.717, 1.165) is 39.6 Å². The minimum absolute atomic E-state index is 0.0123. The third-order valence-corrected chi connectivity index (χ3v) is 21.5. The number of fused-ring (bicyclic) bond motifs is 4. The van der Waals surface area contributed by atoms with E-state index in [1.54, 1.807) is 0 Å². The summed E-state index contributed by atoms with van der Waals surface area (Å²) >= 11 is -3.37. The second-order valence-corrected chi connectivity index (χ2v) is 24.9. The van der Waals surface area contributed by atoms with E-state index in [1.165, 1.54) is 39.6 Å². The van der Waals surface area contributed by atoms with Crippen molar-refractivity contribution in [3.8, 4) is 34.1 Å². The second-order valence-electron chi connectivity index (χ2n) is 17.0. The molecule has 54 heavy (non-hydrogen) atoms. The van der Waals surface area contributed by atoms with Crippen molar-refractivity contribution in [1.82, 2.24) is 0 Å². The second kappa shape index (κ2) is 13.0. The van der Waals surface area contributed by atoms with Gasteiger partial charge < -0.3 is 0 Å². The van der Waals surface area contributed by atoms with E-state index in [9.17, 15) is 0 Å². The van der Waals surface area contributed by atoms with Crippen LogP contribution >= 0.6 is 0 Å². The van der Waals surface area contributed by atoms with Gasteiger partial charge in [0.15, 0.2) is 0 Å². The number of hydrogen-bond acceptors (Lipinski definition) is 2. The third kappa shape index (κ3) is 5.72.